The van der Waals surface area contributed by atoms with Crippen LogP contribution in [0.15, 0.2) is 48.5 Å². The molecule has 0 spiro atoms. The molecule has 1 N–H and O–H groups in total. The highest BCUT2D eigenvalue weighted by atomic mass is 16.1. The van der Waals surface area contributed by atoms with Crippen LogP contribution in [0.5, 0.6) is 0 Å². The molecular formula is C33H39N3O2. The van der Waals surface area contributed by atoms with E-state index in [1.807, 2.05) is 57.2 Å². The Morgan fingerprint density at radius 3 is 2.47 bits per heavy atom. The van der Waals surface area contributed by atoms with E-state index in [0.29, 0.717) is 18.0 Å². The number of nitrogens with one attached hydrogen (secondary N) is 1. The summed E-state index contributed by atoms with van der Waals surface area (Å²) in [5, 5.41) is 4.24. The minimum Gasteiger partial charge on any atom is -0.349 e. The summed E-state index contributed by atoms with van der Waals surface area (Å²) in [6.07, 6.45) is 8.09. The standard InChI is InChI=1S/C33H39N3O2/c1-20(2)32(37)23-10-14-26-28(19-23)31-16-15-30(26)36(31)18-17-22-8-11-24(12-9-22)35-33(38)27-5-4-6-29-25(27)13-7-21(3)34-29/h4-7,10,13-14,19-20,22,24,30-31H,8-9,11-12,15-18H2,1-3H3,(H,35,38)/t22?,24?,30-,31+/m1/s1. The normalized spacial score (nSPS) is 24.6. The third kappa shape index (κ3) is 4.66. The molecule has 198 valence electrons. The van der Waals surface area contributed by atoms with Gasteiger partial charge in [-0.2, -0.15) is 0 Å². The highest BCUT2D eigenvalue weighted by Gasteiger charge is 2.43. The predicted octanol–water partition coefficient (Wildman–Crippen LogP) is 6.95. The Labute approximate surface area is 226 Å². The van der Waals surface area contributed by atoms with Crippen LogP contribution in [-0.4, -0.2) is 34.2 Å². The molecule has 1 saturated heterocycles. The van der Waals surface area contributed by atoms with Gasteiger partial charge in [-0.25, -0.2) is 0 Å². The Morgan fingerprint density at radius 2 is 1.71 bits per heavy atom. The summed E-state index contributed by atoms with van der Waals surface area (Å²) < 4.78 is 0. The van der Waals surface area contributed by atoms with Crippen LogP contribution in [0.25, 0.3) is 10.9 Å². The summed E-state index contributed by atoms with van der Waals surface area (Å²) in [7, 11) is 0. The number of nitrogens with zero attached hydrogens (tertiary/aromatic N) is 2. The van der Waals surface area contributed by atoms with Gasteiger partial charge in [-0.05, 0) is 99.7 Å². The number of ketones is 1. The summed E-state index contributed by atoms with van der Waals surface area (Å²) in [5.74, 6) is 1.02. The molecule has 6 rings (SSSR count). The van der Waals surface area contributed by atoms with Crippen LogP contribution in [0, 0.1) is 18.8 Å². The molecule has 2 fully saturated rings. The number of pyridine rings is 1. The van der Waals surface area contributed by atoms with Gasteiger partial charge < -0.3 is 5.32 Å². The number of hydrogen-bond donors (Lipinski definition) is 1. The number of Topliss-reactive ketones (excluding diaryl/α,β-unsaturated/α-hetero) is 1. The molecule has 2 aromatic carbocycles. The number of fused-ring (bicyclic) bond motifs is 6. The SMILES string of the molecule is Cc1ccc2c(C(=O)NC3CCC(CCN4[C@@H]5CC[C@H]4c4cc(C(=O)C(C)C)ccc45)CC3)cccc2n1. The average Bonchev–Trinajstić information content (AvgIpc) is 3.47. The Morgan fingerprint density at radius 1 is 0.947 bits per heavy atom. The summed E-state index contributed by atoms with van der Waals surface area (Å²) in [4.78, 5) is 33.0. The van der Waals surface area contributed by atoms with Gasteiger partial charge in [0.05, 0.1) is 5.52 Å². The highest BCUT2D eigenvalue weighted by molar-refractivity contribution is 6.06. The van der Waals surface area contributed by atoms with E-state index in [-0.39, 0.29) is 23.7 Å². The monoisotopic (exact) mass is 509 g/mol. The highest BCUT2D eigenvalue weighted by Crippen LogP contribution is 2.53. The number of amides is 1. The van der Waals surface area contributed by atoms with E-state index in [0.717, 1.165) is 47.1 Å². The van der Waals surface area contributed by atoms with Crippen molar-refractivity contribution < 1.29 is 9.59 Å². The topological polar surface area (TPSA) is 62.3 Å². The lowest BCUT2D eigenvalue weighted by atomic mass is 9.84. The van der Waals surface area contributed by atoms with Crippen molar-refractivity contribution >= 4 is 22.6 Å². The van der Waals surface area contributed by atoms with Gasteiger partial charge in [0.15, 0.2) is 5.78 Å². The van der Waals surface area contributed by atoms with Crippen LogP contribution in [0.2, 0.25) is 0 Å². The van der Waals surface area contributed by atoms with E-state index < -0.39 is 0 Å². The van der Waals surface area contributed by atoms with Gasteiger partial charge in [0.2, 0.25) is 0 Å². The lowest BCUT2D eigenvalue weighted by Gasteiger charge is -2.31. The lowest BCUT2D eigenvalue weighted by Crippen LogP contribution is -2.38. The average molecular weight is 510 g/mol. The third-order valence-electron chi connectivity index (χ3n) is 9.22. The van der Waals surface area contributed by atoms with Crippen molar-refractivity contribution in [1.29, 1.82) is 0 Å². The second kappa shape index (κ2) is 10.3. The predicted molar refractivity (Wildman–Crippen MR) is 151 cm³/mol. The maximum Gasteiger partial charge on any atom is 0.252 e. The molecule has 1 saturated carbocycles. The van der Waals surface area contributed by atoms with E-state index in [2.05, 4.69) is 27.3 Å². The quantitative estimate of drug-likeness (QED) is 0.350. The molecule has 5 heteroatoms. The van der Waals surface area contributed by atoms with E-state index in [9.17, 15) is 9.59 Å². The number of benzene rings is 2. The molecule has 38 heavy (non-hydrogen) atoms. The fraction of sp³-hybridized carbons (Fsp3) is 0.485. The second-order valence-corrected chi connectivity index (χ2v) is 12.0. The second-order valence-electron chi connectivity index (χ2n) is 12.0. The van der Waals surface area contributed by atoms with Crippen LogP contribution in [0.4, 0.5) is 0 Å². The zero-order chi connectivity index (χ0) is 26.4. The first-order chi connectivity index (χ1) is 18.4. The largest absolute Gasteiger partial charge is 0.349 e. The fourth-order valence-electron chi connectivity index (χ4n) is 7.14. The molecule has 3 heterocycles. The Hall–Kier alpha value is -3.05. The Balaban J connectivity index is 1.02. The molecular weight excluding hydrogens is 470 g/mol. The van der Waals surface area contributed by atoms with E-state index in [1.165, 1.54) is 43.2 Å². The molecule has 2 atom stereocenters. The smallest absolute Gasteiger partial charge is 0.252 e. The maximum atomic E-state index is 13.1. The number of carbonyl (C=O) groups excluding carboxylic acids is 2. The summed E-state index contributed by atoms with van der Waals surface area (Å²) in [6.45, 7) is 7.07. The molecule has 1 aromatic heterocycles. The van der Waals surface area contributed by atoms with E-state index >= 15 is 0 Å². The summed E-state index contributed by atoms with van der Waals surface area (Å²) >= 11 is 0. The summed E-state index contributed by atoms with van der Waals surface area (Å²) in [5.41, 5.74) is 6.29. The first kappa shape index (κ1) is 25.2. The van der Waals surface area contributed by atoms with Gasteiger partial charge in [0.25, 0.3) is 5.91 Å². The van der Waals surface area contributed by atoms with Crippen molar-refractivity contribution in [3.63, 3.8) is 0 Å². The molecule has 1 amide bonds. The van der Waals surface area contributed by atoms with Crippen LogP contribution in [0.1, 0.15) is 108 Å². The third-order valence-corrected chi connectivity index (χ3v) is 9.22. The minimum atomic E-state index is 0.0198. The van der Waals surface area contributed by atoms with Gasteiger partial charge in [-0.1, -0.05) is 38.1 Å². The van der Waals surface area contributed by atoms with Crippen LogP contribution in [0.3, 0.4) is 0 Å². The van der Waals surface area contributed by atoms with Crippen molar-refractivity contribution in [3.8, 4) is 0 Å². The Bertz CT molecular complexity index is 1370. The molecule has 3 aromatic rings. The maximum absolute atomic E-state index is 13.1. The number of aryl methyl sites for hydroxylation is 1. The minimum absolute atomic E-state index is 0.0198. The first-order valence-corrected chi connectivity index (χ1v) is 14.5. The zero-order valence-electron chi connectivity index (χ0n) is 22.9. The number of rotatable bonds is 7. The first-order valence-electron chi connectivity index (χ1n) is 14.5. The van der Waals surface area contributed by atoms with Crippen LogP contribution >= 0.6 is 0 Å². The van der Waals surface area contributed by atoms with E-state index in [4.69, 9.17) is 0 Å². The number of hydrogen-bond acceptors (Lipinski definition) is 4. The van der Waals surface area contributed by atoms with Crippen molar-refractivity contribution in [1.82, 2.24) is 15.2 Å². The molecule has 2 bridgehead atoms. The van der Waals surface area contributed by atoms with E-state index in [1.54, 1.807) is 0 Å². The summed E-state index contributed by atoms with van der Waals surface area (Å²) in [6, 6.07) is 17.5. The van der Waals surface area contributed by atoms with Crippen LogP contribution < -0.4 is 5.32 Å². The molecule has 3 aliphatic rings. The van der Waals surface area contributed by atoms with Crippen molar-refractivity contribution in [2.24, 2.45) is 11.8 Å². The van der Waals surface area contributed by atoms with Gasteiger partial charge in [0.1, 0.15) is 0 Å². The number of carbonyl (C=O) groups is 2. The lowest BCUT2D eigenvalue weighted by molar-refractivity contribution is 0.0917. The molecule has 2 aliphatic heterocycles. The molecule has 5 nitrogen and oxygen atoms in total. The van der Waals surface area contributed by atoms with Crippen molar-refractivity contribution in [2.45, 2.75) is 83.8 Å². The van der Waals surface area contributed by atoms with Gasteiger partial charge >= 0.3 is 0 Å². The molecule has 1 aliphatic carbocycles. The van der Waals surface area contributed by atoms with Crippen molar-refractivity contribution in [2.75, 3.05) is 6.54 Å². The van der Waals surface area contributed by atoms with Crippen LogP contribution in [-0.2, 0) is 0 Å². The fourth-order valence-corrected chi connectivity index (χ4v) is 7.14. The van der Waals surface area contributed by atoms with Gasteiger partial charge in [-0.3, -0.25) is 19.5 Å². The zero-order valence-corrected chi connectivity index (χ0v) is 22.9. The molecule has 0 unspecified atom stereocenters. The number of aromatic nitrogens is 1. The van der Waals surface area contributed by atoms with Gasteiger partial charge in [-0.15, -0.1) is 0 Å². The Kier molecular flexibility index (Phi) is 6.81. The van der Waals surface area contributed by atoms with Crippen molar-refractivity contribution in [3.05, 3.63) is 76.5 Å². The molecule has 0 radical (unpaired) electrons. The van der Waals surface area contributed by atoms with Gasteiger partial charge in [0, 0.05) is 46.3 Å².